The second kappa shape index (κ2) is 7.61. The molecule has 0 aliphatic heterocycles. The van der Waals surface area contributed by atoms with Gasteiger partial charge < -0.3 is 5.32 Å². The molecule has 21 heavy (non-hydrogen) atoms. The normalized spacial score (nSPS) is 12.4. The van der Waals surface area contributed by atoms with Crippen molar-refractivity contribution in [1.29, 1.82) is 0 Å². The molecule has 0 saturated carbocycles. The van der Waals surface area contributed by atoms with E-state index in [1.54, 1.807) is 18.3 Å². The molecule has 2 rings (SSSR count). The lowest BCUT2D eigenvalue weighted by Gasteiger charge is -2.19. The molecule has 0 bridgehead atoms. The Hall–Kier alpha value is -1.33. The van der Waals surface area contributed by atoms with Crippen LogP contribution < -0.4 is 5.32 Å². The average molecular weight is 355 g/mol. The summed E-state index contributed by atoms with van der Waals surface area (Å²) in [5.41, 5.74) is 1.30. The van der Waals surface area contributed by atoms with Crippen LogP contribution in [0.15, 0.2) is 41.0 Å². The summed E-state index contributed by atoms with van der Waals surface area (Å²) < 4.78 is 27.8. The van der Waals surface area contributed by atoms with Gasteiger partial charge in [0.05, 0.1) is 11.7 Å². The lowest BCUT2D eigenvalue weighted by molar-refractivity contribution is 0.482. The number of hydrogen-bond donors (Lipinski definition) is 1. The van der Waals surface area contributed by atoms with E-state index in [4.69, 9.17) is 0 Å². The lowest BCUT2D eigenvalue weighted by atomic mass is 10.0. The monoisotopic (exact) mass is 354 g/mol. The zero-order valence-electron chi connectivity index (χ0n) is 11.7. The molecular formula is C16H17BrF2N2. The Kier molecular flexibility index (Phi) is 5.82. The van der Waals surface area contributed by atoms with Gasteiger partial charge >= 0.3 is 0 Å². The Balaban J connectivity index is 2.26. The maximum atomic E-state index is 14.0. The van der Waals surface area contributed by atoms with Gasteiger partial charge in [-0.3, -0.25) is 4.98 Å². The first-order valence-electron chi connectivity index (χ1n) is 6.89. The fraction of sp³-hybridized carbons (Fsp3) is 0.312. The molecule has 0 aliphatic rings. The van der Waals surface area contributed by atoms with E-state index >= 15 is 0 Å². The molecule has 0 saturated heterocycles. The molecule has 2 aromatic rings. The second-order valence-electron chi connectivity index (χ2n) is 4.82. The Morgan fingerprint density at radius 3 is 2.76 bits per heavy atom. The summed E-state index contributed by atoms with van der Waals surface area (Å²) in [4.78, 5) is 4.15. The van der Waals surface area contributed by atoms with Gasteiger partial charge in [0.25, 0.3) is 0 Å². The van der Waals surface area contributed by atoms with Gasteiger partial charge in [-0.05, 0) is 49.2 Å². The van der Waals surface area contributed by atoms with Crippen LogP contribution in [0.25, 0.3) is 0 Å². The molecule has 2 nitrogen and oxygen atoms in total. The summed E-state index contributed by atoms with van der Waals surface area (Å²) >= 11 is 3.35. The molecule has 1 heterocycles. The molecule has 112 valence electrons. The average Bonchev–Trinajstić information content (AvgIpc) is 2.46. The molecule has 0 amide bonds. The lowest BCUT2D eigenvalue weighted by Crippen LogP contribution is -2.26. The molecule has 1 aromatic carbocycles. The van der Waals surface area contributed by atoms with Gasteiger partial charge in [-0.15, -0.1) is 0 Å². The van der Waals surface area contributed by atoms with E-state index in [1.165, 1.54) is 18.2 Å². The standard InChI is InChI=1S/C16H17BrF2N2/c1-2-7-20-15(16-14(19)4-3-8-21-16)9-11-5-6-12(18)10-13(11)17/h3-6,8,10,15,20H,2,7,9H2,1H3. The maximum Gasteiger partial charge on any atom is 0.146 e. The third-order valence-electron chi connectivity index (χ3n) is 3.20. The van der Waals surface area contributed by atoms with Gasteiger partial charge in [-0.2, -0.15) is 0 Å². The number of nitrogens with zero attached hydrogens (tertiary/aromatic N) is 1. The van der Waals surface area contributed by atoms with E-state index in [9.17, 15) is 8.78 Å². The van der Waals surface area contributed by atoms with Crippen molar-refractivity contribution < 1.29 is 8.78 Å². The van der Waals surface area contributed by atoms with Crippen LogP contribution >= 0.6 is 15.9 Å². The molecule has 1 aromatic heterocycles. The number of pyridine rings is 1. The van der Waals surface area contributed by atoms with Gasteiger partial charge in [0.1, 0.15) is 11.6 Å². The van der Waals surface area contributed by atoms with E-state index in [0.717, 1.165) is 18.5 Å². The van der Waals surface area contributed by atoms with Crippen molar-refractivity contribution in [3.8, 4) is 0 Å². The topological polar surface area (TPSA) is 24.9 Å². The van der Waals surface area contributed by atoms with Crippen molar-refractivity contribution in [2.24, 2.45) is 0 Å². The summed E-state index contributed by atoms with van der Waals surface area (Å²) in [6.07, 6.45) is 3.06. The number of aromatic nitrogens is 1. The van der Waals surface area contributed by atoms with Crippen LogP contribution in [0.3, 0.4) is 0 Å². The zero-order valence-corrected chi connectivity index (χ0v) is 13.3. The minimum Gasteiger partial charge on any atom is -0.308 e. The third kappa shape index (κ3) is 4.32. The second-order valence-corrected chi connectivity index (χ2v) is 5.67. The minimum absolute atomic E-state index is 0.243. The highest BCUT2D eigenvalue weighted by atomic mass is 79.9. The smallest absolute Gasteiger partial charge is 0.146 e. The van der Waals surface area contributed by atoms with Crippen molar-refractivity contribution >= 4 is 15.9 Å². The molecule has 1 unspecified atom stereocenters. The fourth-order valence-electron chi connectivity index (χ4n) is 2.15. The van der Waals surface area contributed by atoms with Gasteiger partial charge in [0.15, 0.2) is 0 Å². The van der Waals surface area contributed by atoms with Crippen LogP contribution in [0.1, 0.15) is 30.6 Å². The first-order valence-corrected chi connectivity index (χ1v) is 7.68. The molecule has 1 N–H and O–H groups in total. The largest absolute Gasteiger partial charge is 0.308 e. The maximum absolute atomic E-state index is 14.0. The van der Waals surface area contributed by atoms with Gasteiger partial charge in [-0.25, -0.2) is 8.78 Å². The molecule has 5 heteroatoms. The quantitative estimate of drug-likeness (QED) is 0.831. The van der Waals surface area contributed by atoms with Crippen molar-refractivity contribution in [3.05, 3.63) is 63.9 Å². The van der Waals surface area contributed by atoms with E-state index in [2.05, 4.69) is 26.2 Å². The molecule has 1 atom stereocenters. The first-order chi connectivity index (χ1) is 10.1. The van der Waals surface area contributed by atoms with E-state index in [0.29, 0.717) is 16.6 Å². The van der Waals surface area contributed by atoms with Gasteiger partial charge in [-0.1, -0.05) is 28.9 Å². The molecular weight excluding hydrogens is 338 g/mol. The summed E-state index contributed by atoms with van der Waals surface area (Å²) in [5.74, 6) is -0.628. The molecule has 0 aliphatic carbocycles. The van der Waals surface area contributed by atoms with Crippen LogP contribution in [0.4, 0.5) is 8.78 Å². The zero-order chi connectivity index (χ0) is 15.2. The number of nitrogens with one attached hydrogen (secondary N) is 1. The van der Waals surface area contributed by atoms with Gasteiger partial charge in [0.2, 0.25) is 0 Å². The summed E-state index contributed by atoms with van der Waals surface area (Å²) in [6.45, 7) is 2.81. The van der Waals surface area contributed by atoms with E-state index in [-0.39, 0.29) is 17.7 Å². The van der Waals surface area contributed by atoms with Crippen molar-refractivity contribution in [1.82, 2.24) is 10.3 Å². The van der Waals surface area contributed by atoms with Crippen molar-refractivity contribution in [2.75, 3.05) is 6.54 Å². The summed E-state index contributed by atoms with van der Waals surface area (Å²) in [5, 5.41) is 3.30. The van der Waals surface area contributed by atoms with Crippen LogP contribution in [-0.4, -0.2) is 11.5 Å². The predicted octanol–water partition coefficient (Wildman–Crippen LogP) is 4.41. The number of rotatable bonds is 6. The Morgan fingerprint density at radius 1 is 1.29 bits per heavy atom. The highest BCUT2D eigenvalue weighted by molar-refractivity contribution is 9.10. The van der Waals surface area contributed by atoms with E-state index in [1.807, 2.05) is 6.92 Å². The Labute approximate surface area is 131 Å². The Morgan fingerprint density at radius 2 is 2.10 bits per heavy atom. The number of hydrogen-bond acceptors (Lipinski definition) is 2. The van der Waals surface area contributed by atoms with E-state index < -0.39 is 0 Å². The summed E-state index contributed by atoms with van der Waals surface area (Å²) in [7, 11) is 0. The van der Waals surface area contributed by atoms with Crippen LogP contribution in [0.5, 0.6) is 0 Å². The SMILES string of the molecule is CCCNC(Cc1ccc(F)cc1Br)c1ncccc1F. The number of benzene rings is 1. The van der Waals surface area contributed by atoms with Crippen LogP contribution in [0, 0.1) is 11.6 Å². The van der Waals surface area contributed by atoms with Crippen LogP contribution in [0.2, 0.25) is 0 Å². The van der Waals surface area contributed by atoms with Crippen LogP contribution in [-0.2, 0) is 6.42 Å². The van der Waals surface area contributed by atoms with Gasteiger partial charge in [0, 0.05) is 10.7 Å². The number of halogens is 3. The highest BCUT2D eigenvalue weighted by Gasteiger charge is 2.18. The summed E-state index contributed by atoms with van der Waals surface area (Å²) in [6, 6.07) is 7.27. The molecule has 0 fully saturated rings. The first kappa shape index (κ1) is 16.0. The van der Waals surface area contributed by atoms with Crippen molar-refractivity contribution in [3.63, 3.8) is 0 Å². The van der Waals surface area contributed by atoms with Crippen molar-refractivity contribution in [2.45, 2.75) is 25.8 Å². The highest BCUT2D eigenvalue weighted by Crippen LogP contribution is 2.25. The third-order valence-corrected chi connectivity index (χ3v) is 3.94. The Bertz CT molecular complexity index is 605. The minimum atomic E-state index is -0.329. The molecule has 0 spiro atoms. The predicted molar refractivity (Wildman–Crippen MR) is 83.0 cm³/mol. The molecule has 0 radical (unpaired) electrons. The fourth-order valence-corrected chi connectivity index (χ4v) is 2.66.